The zero-order valence-electron chi connectivity index (χ0n) is 9.55. The maximum Gasteiger partial charge on any atom is 0.303 e. The Morgan fingerprint density at radius 3 is 2.75 bits per heavy atom. The van der Waals surface area contributed by atoms with Crippen LogP contribution in [0, 0.1) is 5.92 Å². The van der Waals surface area contributed by atoms with Crippen molar-refractivity contribution in [2.45, 2.75) is 19.3 Å². The number of hydrogen-bond donors (Lipinski definition) is 1. The normalized spacial score (nSPS) is 23.2. The van der Waals surface area contributed by atoms with Crippen LogP contribution < -0.4 is 0 Å². The number of sulfone groups is 1. The second kappa shape index (κ2) is 5.63. The van der Waals surface area contributed by atoms with E-state index in [1.54, 1.807) is 0 Å². The second-order valence-electron chi connectivity index (χ2n) is 4.54. The fourth-order valence-electron chi connectivity index (χ4n) is 2.06. The highest BCUT2D eigenvalue weighted by molar-refractivity contribution is 7.90. The number of carboxylic acid groups (broad SMARTS) is 1. The topological polar surface area (TPSA) is 74.7 Å². The van der Waals surface area contributed by atoms with Crippen molar-refractivity contribution < 1.29 is 18.3 Å². The third kappa shape index (κ3) is 5.46. The van der Waals surface area contributed by atoms with Crippen molar-refractivity contribution in [3.8, 4) is 0 Å². The molecule has 0 radical (unpaired) electrons. The number of carboxylic acids is 1. The number of aliphatic carboxylic acids is 1. The lowest BCUT2D eigenvalue weighted by Gasteiger charge is -2.31. The van der Waals surface area contributed by atoms with Crippen LogP contribution in [0.15, 0.2) is 0 Å². The average molecular weight is 249 g/mol. The number of nitrogens with zero attached hydrogens (tertiary/aromatic N) is 1. The molecule has 94 valence electrons. The molecule has 0 saturated carbocycles. The summed E-state index contributed by atoms with van der Waals surface area (Å²) in [5, 5.41) is 8.70. The molecule has 1 N–H and O–H groups in total. The largest absolute Gasteiger partial charge is 0.481 e. The monoisotopic (exact) mass is 249 g/mol. The Morgan fingerprint density at radius 1 is 1.50 bits per heavy atom. The van der Waals surface area contributed by atoms with Crippen molar-refractivity contribution >= 4 is 15.8 Å². The van der Waals surface area contributed by atoms with Gasteiger partial charge in [-0.3, -0.25) is 4.79 Å². The molecule has 1 aliphatic heterocycles. The highest BCUT2D eigenvalue weighted by atomic mass is 32.2. The fourth-order valence-corrected chi connectivity index (χ4v) is 2.65. The number of likely N-dealkylation sites (tertiary alicyclic amines) is 1. The summed E-state index contributed by atoms with van der Waals surface area (Å²) >= 11 is 0. The Kier molecular flexibility index (Phi) is 4.73. The van der Waals surface area contributed by atoms with Crippen molar-refractivity contribution in [2.75, 3.05) is 31.6 Å². The van der Waals surface area contributed by atoms with Crippen molar-refractivity contribution in [1.29, 1.82) is 0 Å². The molecule has 1 aliphatic rings. The summed E-state index contributed by atoms with van der Waals surface area (Å²) in [6, 6.07) is 0. The van der Waals surface area contributed by atoms with E-state index < -0.39 is 15.8 Å². The van der Waals surface area contributed by atoms with E-state index in [2.05, 4.69) is 4.90 Å². The quantitative estimate of drug-likeness (QED) is 0.754. The molecule has 1 rings (SSSR count). The van der Waals surface area contributed by atoms with Gasteiger partial charge in [0.2, 0.25) is 0 Å². The highest BCUT2D eigenvalue weighted by Gasteiger charge is 2.22. The molecule has 0 aliphatic carbocycles. The lowest BCUT2D eigenvalue weighted by Crippen LogP contribution is -2.38. The van der Waals surface area contributed by atoms with Crippen LogP contribution in [0.5, 0.6) is 0 Å². The lowest BCUT2D eigenvalue weighted by molar-refractivity contribution is -0.138. The molecule has 0 aromatic rings. The Balaban J connectivity index is 2.36. The SMILES string of the molecule is CS(=O)(=O)CCN1CCCC(CC(=O)O)C1. The first-order chi connectivity index (χ1) is 7.37. The molecule has 6 heteroatoms. The average Bonchev–Trinajstić information content (AvgIpc) is 2.13. The van der Waals surface area contributed by atoms with E-state index in [-0.39, 0.29) is 18.1 Å². The molecule has 1 atom stereocenters. The van der Waals surface area contributed by atoms with Crippen molar-refractivity contribution in [1.82, 2.24) is 4.90 Å². The second-order valence-corrected chi connectivity index (χ2v) is 6.80. The minimum absolute atomic E-state index is 0.160. The van der Waals surface area contributed by atoms with Gasteiger partial charge in [0.15, 0.2) is 0 Å². The van der Waals surface area contributed by atoms with E-state index in [1.807, 2.05) is 0 Å². The molecule has 16 heavy (non-hydrogen) atoms. The Hall–Kier alpha value is -0.620. The predicted octanol–water partition coefficient (Wildman–Crippen LogP) is 0.218. The van der Waals surface area contributed by atoms with Crippen molar-refractivity contribution in [3.63, 3.8) is 0 Å². The van der Waals surface area contributed by atoms with E-state index in [4.69, 9.17) is 5.11 Å². The van der Waals surface area contributed by atoms with E-state index in [0.29, 0.717) is 13.1 Å². The molecule has 0 amide bonds. The van der Waals surface area contributed by atoms with Gasteiger partial charge < -0.3 is 10.0 Å². The maximum atomic E-state index is 11.0. The minimum Gasteiger partial charge on any atom is -0.481 e. The van der Waals surface area contributed by atoms with E-state index in [0.717, 1.165) is 19.4 Å². The van der Waals surface area contributed by atoms with Crippen LogP contribution in [0.4, 0.5) is 0 Å². The van der Waals surface area contributed by atoms with Gasteiger partial charge >= 0.3 is 5.97 Å². The van der Waals surface area contributed by atoms with Crippen LogP contribution in [0.3, 0.4) is 0 Å². The summed E-state index contributed by atoms with van der Waals surface area (Å²) in [6.07, 6.45) is 3.31. The van der Waals surface area contributed by atoms with Crippen LogP contribution in [0.1, 0.15) is 19.3 Å². The fraction of sp³-hybridized carbons (Fsp3) is 0.900. The van der Waals surface area contributed by atoms with Crippen molar-refractivity contribution in [3.05, 3.63) is 0 Å². The standard InChI is InChI=1S/C10H19NO4S/c1-16(14,15)6-5-11-4-2-3-9(8-11)7-10(12)13/h9H,2-8H2,1H3,(H,12,13). The zero-order chi connectivity index (χ0) is 12.2. The molecule has 0 bridgehead atoms. The molecular weight excluding hydrogens is 230 g/mol. The van der Waals surface area contributed by atoms with Crippen LogP contribution in [0.2, 0.25) is 0 Å². The summed E-state index contributed by atoms with van der Waals surface area (Å²) in [4.78, 5) is 12.6. The summed E-state index contributed by atoms with van der Waals surface area (Å²) in [7, 11) is -2.92. The number of hydrogen-bond acceptors (Lipinski definition) is 4. The Bertz CT molecular complexity index is 339. The maximum absolute atomic E-state index is 11.0. The summed E-state index contributed by atoms with van der Waals surface area (Å²) in [5.74, 6) is -0.437. The van der Waals surface area contributed by atoms with Crippen molar-refractivity contribution in [2.24, 2.45) is 5.92 Å². The van der Waals surface area contributed by atoms with Gasteiger partial charge in [-0.1, -0.05) is 0 Å². The number of piperidine rings is 1. The predicted molar refractivity (Wildman–Crippen MR) is 61.1 cm³/mol. The van der Waals surface area contributed by atoms with Gasteiger partial charge in [-0.25, -0.2) is 8.42 Å². The van der Waals surface area contributed by atoms with Crippen LogP contribution in [0.25, 0.3) is 0 Å². The summed E-state index contributed by atoms with van der Waals surface area (Å²) in [6.45, 7) is 2.11. The van der Waals surface area contributed by atoms with Crippen LogP contribution in [-0.2, 0) is 14.6 Å². The van der Waals surface area contributed by atoms with Gasteiger partial charge in [0.05, 0.1) is 5.75 Å². The van der Waals surface area contributed by atoms with Gasteiger partial charge in [0.25, 0.3) is 0 Å². The molecule has 0 spiro atoms. The third-order valence-electron chi connectivity index (χ3n) is 2.84. The molecule has 1 fully saturated rings. The van der Waals surface area contributed by atoms with Crippen LogP contribution in [-0.4, -0.2) is 56.0 Å². The first kappa shape index (κ1) is 13.4. The molecular formula is C10H19NO4S. The lowest BCUT2D eigenvalue weighted by atomic mass is 9.95. The first-order valence-corrected chi connectivity index (χ1v) is 7.55. The van der Waals surface area contributed by atoms with E-state index >= 15 is 0 Å². The highest BCUT2D eigenvalue weighted by Crippen LogP contribution is 2.19. The first-order valence-electron chi connectivity index (χ1n) is 5.48. The Morgan fingerprint density at radius 2 is 2.19 bits per heavy atom. The zero-order valence-corrected chi connectivity index (χ0v) is 10.4. The molecule has 0 aromatic heterocycles. The van der Waals surface area contributed by atoms with Gasteiger partial charge in [0.1, 0.15) is 9.84 Å². The van der Waals surface area contributed by atoms with E-state index in [9.17, 15) is 13.2 Å². The molecule has 1 heterocycles. The molecule has 5 nitrogen and oxygen atoms in total. The number of rotatable bonds is 5. The number of carbonyl (C=O) groups is 1. The Labute approximate surface area is 96.4 Å². The smallest absolute Gasteiger partial charge is 0.303 e. The van der Waals surface area contributed by atoms with Gasteiger partial charge in [0, 0.05) is 25.8 Å². The minimum atomic E-state index is -2.92. The summed E-state index contributed by atoms with van der Waals surface area (Å²) in [5.41, 5.74) is 0. The van der Waals surface area contributed by atoms with Crippen LogP contribution >= 0.6 is 0 Å². The van der Waals surface area contributed by atoms with Gasteiger partial charge in [-0.05, 0) is 25.3 Å². The molecule has 1 unspecified atom stereocenters. The third-order valence-corrected chi connectivity index (χ3v) is 3.77. The molecule has 0 aromatic carbocycles. The van der Waals surface area contributed by atoms with Gasteiger partial charge in [-0.15, -0.1) is 0 Å². The van der Waals surface area contributed by atoms with Gasteiger partial charge in [-0.2, -0.15) is 0 Å². The summed E-state index contributed by atoms with van der Waals surface area (Å²) < 4.78 is 22.0. The van der Waals surface area contributed by atoms with E-state index in [1.165, 1.54) is 6.26 Å². The molecule has 1 saturated heterocycles.